The molecule has 0 aliphatic heterocycles. The average Bonchev–Trinajstić information content (AvgIpc) is 3.01. The van der Waals surface area contributed by atoms with Crippen LogP contribution in [-0.4, -0.2) is 52.0 Å². The summed E-state index contributed by atoms with van der Waals surface area (Å²) < 4.78 is 0. The Hall–Kier alpha value is -4.57. The van der Waals surface area contributed by atoms with Gasteiger partial charge in [0.15, 0.2) is 0 Å². The van der Waals surface area contributed by atoms with Gasteiger partial charge in [-0.15, -0.1) is 23.2 Å². The van der Waals surface area contributed by atoms with E-state index >= 15 is 0 Å². The van der Waals surface area contributed by atoms with E-state index < -0.39 is 12.0 Å². The van der Waals surface area contributed by atoms with Crippen molar-refractivity contribution in [1.82, 2.24) is 4.98 Å². The molecule has 5 aromatic rings. The van der Waals surface area contributed by atoms with Crippen LogP contribution in [0.25, 0.3) is 21.8 Å². The number of carboxylic acid groups (broad SMARTS) is 1. The molecule has 226 valence electrons. The number of aliphatic hydroxyl groups excluding tert-OH is 1. The molecular weight excluding hydrogens is 601 g/mol. The van der Waals surface area contributed by atoms with Crippen molar-refractivity contribution < 1.29 is 19.8 Å². The highest BCUT2D eigenvalue weighted by Gasteiger charge is 2.17. The predicted molar refractivity (Wildman–Crippen MR) is 179 cm³/mol. The van der Waals surface area contributed by atoms with E-state index in [0.717, 1.165) is 16.6 Å². The number of amides is 2. The van der Waals surface area contributed by atoms with Gasteiger partial charge in [-0.3, -0.25) is 0 Å². The van der Waals surface area contributed by atoms with E-state index in [1.54, 1.807) is 36.4 Å². The van der Waals surface area contributed by atoms with Crippen LogP contribution in [0.4, 0.5) is 33.2 Å². The molecule has 1 aromatic heterocycles. The zero-order valence-corrected chi connectivity index (χ0v) is 25.4. The number of aromatic nitrogens is 1. The Morgan fingerprint density at radius 3 is 2.11 bits per heavy atom. The summed E-state index contributed by atoms with van der Waals surface area (Å²) >= 11 is 11.8. The van der Waals surface area contributed by atoms with Crippen molar-refractivity contribution >= 4 is 85.4 Å². The number of alkyl halides is 2. The fourth-order valence-corrected chi connectivity index (χ4v) is 5.54. The number of rotatable bonds is 11. The van der Waals surface area contributed by atoms with Gasteiger partial charge >= 0.3 is 12.0 Å². The summed E-state index contributed by atoms with van der Waals surface area (Å²) in [6, 6.07) is 22.9. The number of fused-ring (bicyclic) bond motifs is 2. The van der Waals surface area contributed by atoms with E-state index in [1.807, 2.05) is 43.3 Å². The summed E-state index contributed by atoms with van der Waals surface area (Å²) in [5.41, 5.74) is 5.85. The quantitative estimate of drug-likeness (QED) is 0.0752. The zero-order chi connectivity index (χ0) is 31.2. The molecule has 0 saturated carbocycles. The number of para-hydroxylation sites is 2. The van der Waals surface area contributed by atoms with Crippen LogP contribution in [0.15, 0.2) is 78.9 Å². The Bertz CT molecular complexity index is 1830. The van der Waals surface area contributed by atoms with Gasteiger partial charge in [0.05, 0.1) is 28.9 Å². The number of aromatic carboxylic acids is 1. The number of carbonyl (C=O) groups excluding carboxylic acids is 1. The monoisotopic (exact) mass is 631 g/mol. The van der Waals surface area contributed by atoms with Crippen molar-refractivity contribution in [3.63, 3.8) is 0 Å². The van der Waals surface area contributed by atoms with E-state index in [4.69, 9.17) is 28.2 Å². The number of carbonyl (C=O) groups is 2. The fraction of sp³-hybridized carbons (Fsp3) is 0.182. The number of halogens is 2. The van der Waals surface area contributed by atoms with E-state index in [9.17, 15) is 19.8 Å². The first-order chi connectivity index (χ1) is 21.3. The highest BCUT2D eigenvalue weighted by molar-refractivity contribution is 6.18. The smallest absolute Gasteiger partial charge is 0.337 e. The van der Waals surface area contributed by atoms with Crippen molar-refractivity contribution in [2.75, 3.05) is 45.7 Å². The summed E-state index contributed by atoms with van der Waals surface area (Å²) in [7, 11) is 0. The fourth-order valence-electron chi connectivity index (χ4n) is 5.13. The molecule has 5 N–H and O–H groups in total. The second kappa shape index (κ2) is 13.8. The summed E-state index contributed by atoms with van der Waals surface area (Å²) in [5.74, 6) is -0.126. The van der Waals surface area contributed by atoms with Crippen LogP contribution in [0.3, 0.4) is 0 Å². The molecule has 4 aromatic carbocycles. The Morgan fingerprint density at radius 2 is 1.45 bits per heavy atom. The first-order valence-electron chi connectivity index (χ1n) is 13.9. The Morgan fingerprint density at radius 1 is 0.818 bits per heavy atom. The number of hydrogen-bond acceptors (Lipinski definition) is 6. The second-order valence-electron chi connectivity index (χ2n) is 10.2. The van der Waals surface area contributed by atoms with Gasteiger partial charge in [-0.05, 0) is 66.6 Å². The molecule has 1 heterocycles. The largest absolute Gasteiger partial charge is 0.478 e. The van der Waals surface area contributed by atoms with Crippen molar-refractivity contribution in [2.45, 2.75) is 13.5 Å². The van der Waals surface area contributed by atoms with Gasteiger partial charge in [-0.2, -0.15) is 0 Å². The lowest BCUT2D eigenvalue weighted by Crippen LogP contribution is -2.27. The van der Waals surface area contributed by atoms with Crippen LogP contribution >= 0.6 is 23.2 Å². The molecule has 0 bridgehead atoms. The summed E-state index contributed by atoms with van der Waals surface area (Å²) in [5, 5.41) is 30.4. The molecule has 44 heavy (non-hydrogen) atoms. The van der Waals surface area contributed by atoms with Crippen LogP contribution in [0, 0.1) is 6.92 Å². The van der Waals surface area contributed by atoms with Crippen LogP contribution < -0.4 is 20.9 Å². The third kappa shape index (κ3) is 6.81. The minimum atomic E-state index is -1.07. The lowest BCUT2D eigenvalue weighted by atomic mass is 10.0. The summed E-state index contributed by atoms with van der Waals surface area (Å²) in [6.45, 7) is 2.98. The molecule has 0 aliphatic carbocycles. The third-order valence-electron chi connectivity index (χ3n) is 7.17. The van der Waals surface area contributed by atoms with Gasteiger partial charge < -0.3 is 31.1 Å². The number of benzene rings is 4. The molecule has 0 spiro atoms. The second-order valence-corrected chi connectivity index (χ2v) is 10.9. The van der Waals surface area contributed by atoms with E-state index in [2.05, 4.69) is 20.9 Å². The molecule has 5 rings (SSSR count). The third-order valence-corrected chi connectivity index (χ3v) is 7.51. The van der Waals surface area contributed by atoms with Crippen molar-refractivity contribution in [3.8, 4) is 0 Å². The molecule has 0 atom stereocenters. The molecule has 9 nitrogen and oxygen atoms in total. The summed E-state index contributed by atoms with van der Waals surface area (Å²) in [4.78, 5) is 31.8. The van der Waals surface area contributed by atoms with Crippen molar-refractivity contribution in [3.05, 3.63) is 95.6 Å². The molecule has 0 radical (unpaired) electrons. The average molecular weight is 633 g/mol. The number of carboxylic acids is 1. The lowest BCUT2D eigenvalue weighted by Gasteiger charge is -2.23. The number of nitrogens with zero attached hydrogens (tertiary/aromatic N) is 2. The zero-order valence-electron chi connectivity index (χ0n) is 23.9. The number of urea groups is 1. The van der Waals surface area contributed by atoms with Gasteiger partial charge in [0.25, 0.3) is 0 Å². The maximum atomic E-state index is 12.9. The van der Waals surface area contributed by atoms with Crippen LogP contribution in [0.5, 0.6) is 0 Å². The number of aryl methyl sites for hydroxylation is 1. The molecule has 0 unspecified atom stereocenters. The highest BCUT2D eigenvalue weighted by Crippen LogP contribution is 2.36. The highest BCUT2D eigenvalue weighted by atomic mass is 35.5. The SMILES string of the molecule is Cc1cccc2c(Nc3cc(CO)cc(NC(=O)Nc4ccc(N(CCCl)CCCl)cc4)c3)c3cccc(C(=O)O)c3nc12. The number of nitrogens with one attached hydrogen (secondary N) is 3. The Labute approximate surface area is 264 Å². The molecule has 0 aliphatic rings. The molecule has 0 saturated heterocycles. The number of hydrogen-bond donors (Lipinski definition) is 5. The maximum absolute atomic E-state index is 12.9. The first-order valence-corrected chi connectivity index (χ1v) is 15.0. The summed E-state index contributed by atoms with van der Waals surface area (Å²) in [6.07, 6.45) is 0. The lowest BCUT2D eigenvalue weighted by molar-refractivity contribution is 0.0698. The first kappa shape index (κ1) is 30.9. The molecule has 11 heteroatoms. The molecular formula is C33H31Cl2N5O4. The molecule has 2 amide bonds. The standard InChI is InChI=1S/C33H31Cl2N5O4/c1-20-4-2-5-26-29(20)39-31-27(6-3-7-28(31)32(42)43)30(26)36-23-16-21(19-41)17-24(18-23)38-33(44)37-22-8-10-25(11-9-22)40(14-12-34)15-13-35/h2-11,16-18,41H,12-15,19H2,1H3,(H,36,39)(H,42,43)(H2,37,38,44). The maximum Gasteiger partial charge on any atom is 0.337 e. The van der Waals surface area contributed by atoms with Crippen LogP contribution in [0.2, 0.25) is 0 Å². The van der Waals surface area contributed by atoms with E-state index in [-0.39, 0.29) is 12.2 Å². The van der Waals surface area contributed by atoms with Gasteiger partial charge in [0.2, 0.25) is 0 Å². The van der Waals surface area contributed by atoms with Crippen LogP contribution in [-0.2, 0) is 6.61 Å². The van der Waals surface area contributed by atoms with Crippen molar-refractivity contribution in [2.24, 2.45) is 0 Å². The van der Waals surface area contributed by atoms with E-state index in [1.165, 1.54) is 6.07 Å². The van der Waals surface area contributed by atoms with Gasteiger partial charge in [-0.25, -0.2) is 14.6 Å². The Kier molecular flexibility index (Phi) is 9.69. The Balaban J connectivity index is 1.43. The normalized spacial score (nSPS) is 11.0. The van der Waals surface area contributed by atoms with Gasteiger partial charge in [0, 0.05) is 58.4 Å². The minimum Gasteiger partial charge on any atom is -0.478 e. The number of anilines is 5. The van der Waals surface area contributed by atoms with Crippen molar-refractivity contribution in [1.29, 1.82) is 0 Å². The van der Waals surface area contributed by atoms with E-state index in [0.29, 0.717) is 69.6 Å². The van der Waals surface area contributed by atoms with Crippen LogP contribution in [0.1, 0.15) is 21.5 Å². The van der Waals surface area contributed by atoms with Gasteiger partial charge in [0.1, 0.15) is 0 Å². The van der Waals surface area contributed by atoms with Gasteiger partial charge in [-0.1, -0.05) is 30.3 Å². The number of pyridine rings is 1. The predicted octanol–water partition coefficient (Wildman–Crippen LogP) is 7.56. The minimum absolute atomic E-state index is 0.0951. The molecule has 0 fully saturated rings. The topological polar surface area (TPSA) is 127 Å². The number of aliphatic hydroxyl groups is 1.